The Morgan fingerprint density at radius 3 is 2.68 bits per heavy atom. The van der Waals surface area contributed by atoms with E-state index in [1.54, 1.807) is 54.3 Å². The Kier molecular flexibility index (Phi) is 6.35. The zero-order valence-corrected chi connectivity index (χ0v) is 15.4. The third kappa shape index (κ3) is 5.41. The van der Waals surface area contributed by atoms with Crippen LogP contribution in [0.4, 0.5) is 5.69 Å². The van der Waals surface area contributed by atoms with Gasteiger partial charge in [0.2, 0.25) is 0 Å². The number of amides is 1. The molecule has 1 N–H and O–H groups in total. The summed E-state index contributed by atoms with van der Waals surface area (Å²) in [4.78, 5) is 27.7. The van der Waals surface area contributed by atoms with Gasteiger partial charge in [0.15, 0.2) is 6.61 Å². The first kappa shape index (κ1) is 19.1. The first-order valence-corrected chi connectivity index (χ1v) is 8.75. The summed E-state index contributed by atoms with van der Waals surface area (Å²) in [5, 5.41) is 6.87. The van der Waals surface area contributed by atoms with Crippen molar-refractivity contribution in [1.29, 1.82) is 0 Å². The van der Waals surface area contributed by atoms with Crippen LogP contribution in [-0.4, -0.2) is 39.9 Å². The average Bonchev–Trinajstić information content (AvgIpc) is 3.20. The van der Waals surface area contributed by atoms with Gasteiger partial charge in [-0.05, 0) is 36.8 Å². The minimum atomic E-state index is -0.442. The molecule has 3 aromatic rings. The van der Waals surface area contributed by atoms with Gasteiger partial charge in [-0.25, -0.2) is 14.5 Å². The van der Waals surface area contributed by atoms with Gasteiger partial charge in [-0.2, -0.15) is 5.10 Å². The van der Waals surface area contributed by atoms with E-state index in [-0.39, 0.29) is 12.5 Å². The van der Waals surface area contributed by atoms with E-state index in [2.05, 4.69) is 15.4 Å². The highest BCUT2D eigenvalue weighted by Crippen LogP contribution is 2.18. The Bertz CT molecular complexity index is 924. The van der Waals surface area contributed by atoms with Gasteiger partial charge in [0.25, 0.3) is 5.91 Å². The van der Waals surface area contributed by atoms with Crippen molar-refractivity contribution in [2.45, 2.75) is 13.5 Å². The van der Waals surface area contributed by atoms with E-state index >= 15 is 0 Å². The summed E-state index contributed by atoms with van der Waals surface area (Å²) in [6.07, 6.45) is 3.12. The normalized spacial score (nSPS) is 10.3. The molecule has 0 fully saturated rings. The lowest BCUT2D eigenvalue weighted by atomic mass is 10.1. The zero-order chi connectivity index (χ0) is 19.8. The van der Waals surface area contributed by atoms with Crippen LogP contribution in [-0.2, 0) is 16.1 Å². The number of hydrogen-bond acceptors (Lipinski definition) is 6. The van der Waals surface area contributed by atoms with Crippen LogP contribution >= 0.6 is 0 Å². The first-order valence-electron chi connectivity index (χ1n) is 8.75. The molecule has 0 unspecified atom stereocenters. The van der Waals surface area contributed by atoms with Gasteiger partial charge < -0.3 is 14.8 Å². The second-order valence-electron chi connectivity index (χ2n) is 5.87. The molecular weight excluding hydrogens is 360 g/mol. The van der Waals surface area contributed by atoms with Crippen LogP contribution in [0.5, 0.6) is 5.75 Å². The summed E-state index contributed by atoms with van der Waals surface area (Å²) in [5.74, 6) is -0.216. The molecule has 0 aliphatic carbocycles. The van der Waals surface area contributed by atoms with Crippen molar-refractivity contribution in [2.75, 3.05) is 18.5 Å². The van der Waals surface area contributed by atoms with Crippen molar-refractivity contribution < 1.29 is 19.1 Å². The molecular formula is C20H20N4O4. The molecule has 28 heavy (non-hydrogen) atoms. The molecule has 3 rings (SSSR count). The predicted octanol–water partition coefficient (Wildman–Crippen LogP) is 2.52. The van der Waals surface area contributed by atoms with E-state index in [1.165, 1.54) is 6.33 Å². The van der Waals surface area contributed by atoms with Crippen LogP contribution in [0.15, 0.2) is 61.2 Å². The lowest BCUT2D eigenvalue weighted by Crippen LogP contribution is -2.15. The first-order chi connectivity index (χ1) is 13.6. The Balaban J connectivity index is 1.58. The lowest BCUT2D eigenvalue weighted by Gasteiger charge is -2.09. The summed E-state index contributed by atoms with van der Waals surface area (Å²) in [5.41, 5.74) is 2.11. The number of benzene rings is 2. The number of ether oxygens (including phenoxy) is 2. The minimum absolute atomic E-state index is 0.182. The van der Waals surface area contributed by atoms with E-state index in [1.807, 2.05) is 12.1 Å². The molecule has 2 aromatic carbocycles. The predicted molar refractivity (Wildman–Crippen MR) is 102 cm³/mol. The molecule has 8 heteroatoms. The molecule has 0 radical (unpaired) electrons. The summed E-state index contributed by atoms with van der Waals surface area (Å²) >= 11 is 0. The van der Waals surface area contributed by atoms with Crippen LogP contribution in [0.2, 0.25) is 0 Å². The monoisotopic (exact) mass is 380 g/mol. The smallest absolute Gasteiger partial charge is 0.344 e. The van der Waals surface area contributed by atoms with Gasteiger partial charge in [0.1, 0.15) is 18.4 Å². The number of rotatable bonds is 8. The summed E-state index contributed by atoms with van der Waals surface area (Å²) in [6.45, 7) is 2.44. The molecule has 0 aliphatic rings. The van der Waals surface area contributed by atoms with Crippen LogP contribution in [0.1, 0.15) is 22.8 Å². The number of carbonyl (C=O) groups excluding carboxylic acids is 2. The fourth-order valence-electron chi connectivity index (χ4n) is 2.47. The summed E-state index contributed by atoms with van der Waals surface area (Å²) in [7, 11) is 0. The van der Waals surface area contributed by atoms with E-state index in [9.17, 15) is 9.59 Å². The topological polar surface area (TPSA) is 95.3 Å². The number of anilines is 1. The fraction of sp³-hybridized carbons (Fsp3) is 0.200. The molecule has 0 atom stereocenters. The van der Waals surface area contributed by atoms with Crippen molar-refractivity contribution in [3.8, 4) is 5.75 Å². The third-order valence-electron chi connectivity index (χ3n) is 3.78. The van der Waals surface area contributed by atoms with E-state index in [4.69, 9.17) is 9.47 Å². The van der Waals surface area contributed by atoms with Crippen LogP contribution in [0.25, 0.3) is 0 Å². The van der Waals surface area contributed by atoms with Crippen molar-refractivity contribution >= 4 is 17.6 Å². The Morgan fingerprint density at radius 2 is 1.96 bits per heavy atom. The van der Waals surface area contributed by atoms with Crippen molar-refractivity contribution in [2.24, 2.45) is 0 Å². The van der Waals surface area contributed by atoms with Gasteiger partial charge in [-0.15, -0.1) is 0 Å². The van der Waals surface area contributed by atoms with Crippen LogP contribution in [0, 0.1) is 0 Å². The maximum absolute atomic E-state index is 12.5. The molecule has 1 aromatic heterocycles. The minimum Gasteiger partial charge on any atom is -0.482 e. The molecule has 0 saturated heterocycles. The second kappa shape index (κ2) is 9.31. The molecule has 0 bridgehead atoms. The Labute approximate surface area is 162 Å². The van der Waals surface area contributed by atoms with Gasteiger partial charge >= 0.3 is 5.97 Å². The number of nitrogens with one attached hydrogen (secondary N) is 1. The standard InChI is InChI=1S/C20H20N4O4/c1-2-27-19(25)12-28-18-5-3-4-17(10-18)23-20(26)16-8-6-15(7-9-16)11-24-14-21-13-22-24/h3-10,13-14H,2,11-12H2,1H3,(H,23,26). The van der Waals surface area contributed by atoms with Gasteiger partial charge in [-0.3, -0.25) is 4.79 Å². The van der Waals surface area contributed by atoms with Crippen molar-refractivity contribution in [3.63, 3.8) is 0 Å². The molecule has 0 saturated carbocycles. The molecule has 0 spiro atoms. The largest absolute Gasteiger partial charge is 0.482 e. The van der Waals surface area contributed by atoms with Gasteiger partial charge in [0.05, 0.1) is 13.2 Å². The maximum atomic E-state index is 12.5. The zero-order valence-electron chi connectivity index (χ0n) is 15.4. The molecule has 144 valence electrons. The molecule has 8 nitrogen and oxygen atoms in total. The van der Waals surface area contributed by atoms with Gasteiger partial charge in [-0.1, -0.05) is 18.2 Å². The number of aromatic nitrogens is 3. The van der Waals surface area contributed by atoms with Crippen LogP contribution < -0.4 is 10.1 Å². The van der Waals surface area contributed by atoms with E-state index < -0.39 is 5.97 Å². The number of carbonyl (C=O) groups is 2. The average molecular weight is 380 g/mol. The van der Waals surface area contributed by atoms with Crippen LogP contribution in [0.3, 0.4) is 0 Å². The quantitative estimate of drug-likeness (QED) is 0.604. The molecule has 0 aliphatic heterocycles. The number of hydrogen-bond donors (Lipinski definition) is 1. The fourth-order valence-corrected chi connectivity index (χ4v) is 2.47. The summed E-state index contributed by atoms with van der Waals surface area (Å²) < 4.78 is 11.9. The van der Waals surface area contributed by atoms with E-state index in [0.717, 1.165) is 5.56 Å². The lowest BCUT2D eigenvalue weighted by molar-refractivity contribution is -0.145. The maximum Gasteiger partial charge on any atom is 0.344 e. The molecule has 1 heterocycles. The Hall–Kier alpha value is -3.68. The van der Waals surface area contributed by atoms with Gasteiger partial charge in [0, 0.05) is 17.3 Å². The molecule has 1 amide bonds. The number of esters is 1. The van der Waals surface area contributed by atoms with Crippen molar-refractivity contribution in [1.82, 2.24) is 14.8 Å². The summed E-state index contributed by atoms with van der Waals surface area (Å²) in [6, 6.07) is 14.1. The highest BCUT2D eigenvalue weighted by atomic mass is 16.6. The third-order valence-corrected chi connectivity index (χ3v) is 3.78. The second-order valence-corrected chi connectivity index (χ2v) is 5.87. The number of nitrogens with zero attached hydrogens (tertiary/aromatic N) is 3. The van der Waals surface area contributed by atoms with Crippen molar-refractivity contribution in [3.05, 3.63) is 72.3 Å². The Morgan fingerprint density at radius 1 is 1.14 bits per heavy atom. The SMILES string of the molecule is CCOC(=O)COc1cccc(NC(=O)c2ccc(Cn3cncn3)cc2)c1. The highest BCUT2D eigenvalue weighted by Gasteiger charge is 2.08. The highest BCUT2D eigenvalue weighted by molar-refractivity contribution is 6.04. The van der Waals surface area contributed by atoms with E-state index in [0.29, 0.717) is 30.2 Å².